The number of aldehydes is 1. The normalized spacial score (nSPS) is 11.5. The first-order valence-electron chi connectivity index (χ1n) is 8.04. The summed E-state index contributed by atoms with van der Waals surface area (Å²) in [5.41, 5.74) is 1.03. The van der Waals surface area contributed by atoms with Crippen LogP contribution in [0.1, 0.15) is 22.8 Å². The van der Waals surface area contributed by atoms with Gasteiger partial charge in [0.25, 0.3) is 0 Å². The molecule has 0 aliphatic rings. The minimum Gasteiger partial charge on any atom is -0.456 e. The predicted molar refractivity (Wildman–Crippen MR) is 98.3 cm³/mol. The predicted octanol–water partition coefficient (Wildman–Crippen LogP) is 4.69. The van der Waals surface area contributed by atoms with Crippen molar-refractivity contribution in [3.05, 3.63) is 65.5 Å². The highest BCUT2D eigenvalue weighted by atomic mass is 32.2. The van der Waals surface area contributed by atoms with Gasteiger partial charge in [0, 0.05) is 16.5 Å². The Balaban J connectivity index is 2.09. The third kappa shape index (κ3) is 3.32. The lowest BCUT2D eigenvalue weighted by Gasteiger charge is -2.14. The van der Waals surface area contributed by atoms with E-state index >= 15 is 0 Å². The Morgan fingerprint density at radius 3 is 2.38 bits per heavy atom. The summed E-state index contributed by atoms with van der Waals surface area (Å²) in [4.78, 5) is 11.5. The highest BCUT2D eigenvalue weighted by molar-refractivity contribution is 7.91. The molecule has 0 atom stereocenters. The minimum absolute atomic E-state index is 0.0115. The van der Waals surface area contributed by atoms with Crippen LogP contribution in [0.15, 0.2) is 53.4 Å². The van der Waals surface area contributed by atoms with Crippen molar-refractivity contribution in [1.29, 1.82) is 0 Å². The Morgan fingerprint density at radius 1 is 1.08 bits per heavy atom. The molecule has 4 nitrogen and oxygen atoms in total. The molecular formula is C20H17FO4S. The smallest absolute Gasteiger partial charge is 0.178 e. The molecule has 0 saturated carbocycles. The van der Waals surface area contributed by atoms with Crippen molar-refractivity contribution >= 4 is 26.9 Å². The van der Waals surface area contributed by atoms with Crippen molar-refractivity contribution in [3.63, 3.8) is 0 Å². The van der Waals surface area contributed by atoms with Crippen LogP contribution in [0.5, 0.6) is 11.5 Å². The second-order valence-electron chi connectivity index (χ2n) is 5.88. The largest absolute Gasteiger partial charge is 0.456 e. The van der Waals surface area contributed by atoms with E-state index in [9.17, 15) is 17.6 Å². The molecule has 0 unspecified atom stereocenters. The maximum Gasteiger partial charge on any atom is 0.178 e. The van der Waals surface area contributed by atoms with Gasteiger partial charge in [-0.25, -0.2) is 12.8 Å². The number of benzene rings is 3. The number of carbonyl (C=O) groups is 1. The van der Waals surface area contributed by atoms with Crippen molar-refractivity contribution in [2.24, 2.45) is 0 Å². The molecule has 6 heteroatoms. The van der Waals surface area contributed by atoms with Crippen LogP contribution in [-0.2, 0) is 9.84 Å². The fraction of sp³-hybridized carbons (Fsp3) is 0.150. The van der Waals surface area contributed by atoms with Crippen molar-refractivity contribution in [2.75, 3.05) is 5.75 Å². The molecule has 3 rings (SSSR count). The molecule has 0 heterocycles. The first-order chi connectivity index (χ1) is 12.4. The Hall–Kier alpha value is -2.73. The van der Waals surface area contributed by atoms with Gasteiger partial charge in [-0.15, -0.1) is 0 Å². The van der Waals surface area contributed by atoms with Crippen molar-refractivity contribution < 1.29 is 22.3 Å². The molecule has 0 aliphatic carbocycles. The zero-order valence-corrected chi connectivity index (χ0v) is 15.1. The van der Waals surface area contributed by atoms with Gasteiger partial charge in [0.2, 0.25) is 0 Å². The number of halogens is 1. The second kappa shape index (κ2) is 6.88. The molecule has 0 saturated heterocycles. The Bertz CT molecular complexity index is 1090. The van der Waals surface area contributed by atoms with Gasteiger partial charge in [0.1, 0.15) is 23.6 Å². The number of ether oxygens (including phenoxy) is 1. The molecule has 0 spiro atoms. The zero-order chi connectivity index (χ0) is 18.9. The Labute approximate surface area is 151 Å². The zero-order valence-electron chi connectivity index (χ0n) is 14.3. The molecule has 26 heavy (non-hydrogen) atoms. The minimum atomic E-state index is -3.30. The molecular weight excluding hydrogens is 355 g/mol. The van der Waals surface area contributed by atoms with Gasteiger partial charge < -0.3 is 4.74 Å². The first-order valence-corrected chi connectivity index (χ1v) is 9.69. The monoisotopic (exact) mass is 372 g/mol. The SMILES string of the molecule is CCS(=O)(=O)c1ccc(Oc2c(C)c(C=O)cc3ccc(F)cc23)cc1. The van der Waals surface area contributed by atoms with E-state index < -0.39 is 15.7 Å². The number of hydrogen-bond acceptors (Lipinski definition) is 4. The van der Waals surface area contributed by atoms with E-state index in [1.807, 2.05) is 0 Å². The summed E-state index contributed by atoms with van der Waals surface area (Å²) in [6, 6.07) is 12.0. The van der Waals surface area contributed by atoms with Crippen LogP contribution in [0.4, 0.5) is 4.39 Å². The third-order valence-corrected chi connectivity index (χ3v) is 6.00. The molecule has 0 N–H and O–H groups in total. The van der Waals surface area contributed by atoms with E-state index in [0.29, 0.717) is 33.4 Å². The summed E-state index contributed by atoms with van der Waals surface area (Å²) < 4.78 is 43.4. The second-order valence-corrected chi connectivity index (χ2v) is 8.16. The molecule has 0 amide bonds. The maximum atomic E-state index is 13.7. The van der Waals surface area contributed by atoms with Gasteiger partial charge in [0.05, 0.1) is 10.6 Å². The summed E-state index contributed by atoms with van der Waals surface area (Å²) in [5.74, 6) is 0.370. The lowest BCUT2D eigenvalue weighted by atomic mass is 10.0. The molecule has 134 valence electrons. The van der Waals surface area contributed by atoms with E-state index in [1.54, 1.807) is 38.1 Å². The van der Waals surface area contributed by atoms with Gasteiger partial charge in [-0.05, 0) is 54.8 Å². The molecule has 0 aromatic heterocycles. The van der Waals surface area contributed by atoms with Gasteiger partial charge in [0.15, 0.2) is 9.84 Å². The highest BCUT2D eigenvalue weighted by Gasteiger charge is 2.15. The van der Waals surface area contributed by atoms with E-state index in [2.05, 4.69) is 0 Å². The number of carbonyl (C=O) groups excluding carboxylic acids is 1. The molecule has 0 aliphatic heterocycles. The van der Waals surface area contributed by atoms with Gasteiger partial charge in [-0.1, -0.05) is 13.0 Å². The van der Waals surface area contributed by atoms with E-state index in [0.717, 1.165) is 6.29 Å². The van der Waals surface area contributed by atoms with Gasteiger partial charge in [-0.3, -0.25) is 4.79 Å². The number of fused-ring (bicyclic) bond motifs is 1. The van der Waals surface area contributed by atoms with E-state index in [-0.39, 0.29) is 10.6 Å². The molecule has 3 aromatic carbocycles. The summed E-state index contributed by atoms with van der Waals surface area (Å²) in [5, 5.41) is 1.22. The van der Waals surface area contributed by atoms with Crippen LogP contribution >= 0.6 is 0 Å². The van der Waals surface area contributed by atoms with Crippen LogP contribution in [-0.4, -0.2) is 20.5 Å². The van der Waals surface area contributed by atoms with Crippen LogP contribution < -0.4 is 4.74 Å². The Morgan fingerprint density at radius 2 is 1.77 bits per heavy atom. The number of rotatable bonds is 5. The van der Waals surface area contributed by atoms with Gasteiger partial charge >= 0.3 is 0 Å². The molecule has 0 radical (unpaired) electrons. The molecule has 0 bridgehead atoms. The van der Waals surface area contributed by atoms with Crippen LogP contribution in [0.2, 0.25) is 0 Å². The highest BCUT2D eigenvalue weighted by Crippen LogP contribution is 2.36. The Kier molecular flexibility index (Phi) is 4.78. The van der Waals surface area contributed by atoms with Gasteiger partial charge in [-0.2, -0.15) is 0 Å². The van der Waals surface area contributed by atoms with Crippen LogP contribution in [0.3, 0.4) is 0 Å². The first kappa shape index (κ1) is 18.1. The van der Waals surface area contributed by atoms with E-state index in [4.69, 9.17) is 4.74 Å². The summed E-state index contributed by atoms with van der Waals surface area (Å²) in [6.45, 7) is 3.30. The topological polar surface area (TPSA) is 60.4 Å². The molecule has 0 fully saturated rings. The summed E-state index contributed by atoms with van der Waals surface area (Å²) in [6.07, 6.45) is 0.724. The van der Waals surface area contributed by atoms with Crippen LogP contribution in [0.25, 0.3) is 10.8 Å². The number of hydrogen-bond donors (Lipinski definition) is 0. The van der Waals surface area contributed by atoms with Crippen LogP contribution in [0, 0.1) is 12.7 Å². The third-order valence-electron chi connectivity index (χ3n) is 4.25. The van der Waals surface area contributed by atoms with E-state index in [1.165, 1.54) is 24.3 Å². The summed E-state index contributed by atoms with van der Waals surface area (Å²) in [7, 11) is -3.30. The average Bonchev–Trinajstić information content (AvgIpc) is 2.64. The fourth-order valence-electron chi connectivity index (χ4n) is 2.71. The number of sulfone groups is 1. The lowest BCUT2D eigenvalue weighted by Crippen LogP contribution is -2.03. The quantitative estimate of drug-likeness (QED) is 0.610. The van der Waals surface area contributed by atoms with Crippen molar-refractivity contribution in [1.82, 2.24) is 0 Å². The molecule has 3 aromatic rings. The summed E-state index contributed by atoms with van der Waals surface area (Å²) >= 11 is 0. The maximum absolute atomic E-state index is 13.7. The lowest BCUT2D eigenvalue weighted by molar-refractivity contribution is 0.112. The fourth-order valence-corrected chi connectivity index (χ4v) is 3.60. The van der Waals surface area contributed by atoms with Crippen molar-refractivity contribution in [3.8, 4) is 11.5 Å². The average molecular weight is 372 g/mol. The standard InChI is InChI=1S/C20H17FO4S/c1-3-26(23,24)18-8-6-17(7-9-18)25-20-13(2)15(12-22)10-14-4-5-16(21)11-19(14)20/h4-12H,3H2,1-2H3. The van der Waals surface area contributed by atoms with Crippen molar-refractivity contribution in [2.45, 2.75) is 18.7 Å².